The molecule has 52 valence electrons. The average Bonchev–Trinajstić information content (AvgIpc) is 1.25. The van der Waals surface area contributed by atoms with Crippen LogP contribution >= 0.6 is 39.0 Å². The Kier molecular flexibility index (Phi) is 2.70. The van der Waals surface area contributed by atoms with Gasteiger partial charge in [-0.2, -0.15) is 0 Å². The first-order chi connectivity index (χ1) is 3.25. The molecule has 0 aromatic heterocycles. The monoisotopic (exact) mass is 206 g/mol. The van der Waals surface area contributed by atoms with Crippen molar-refractivity contribution in [1.29, 1.82) is 0 Å². The minimum absolute atomic E-state index is 4.44. The molecule has 0 unspecified atom stereocenters. The third-order valence-electron chi connectivity index (χ3n) is 0.321. The van der Waals surface area contributed by atoms with Crippen LogP contribution in [-0.4, -0.2) is 5.92 Å². The summed E-state index contributed by atoms with van der Waals surface area (Å²) in [5.41, 5.74) is 0. The van der Waals surface area contributed by atoms with Gasteiger partial charge in [-0.15, -0.1) is 0 Å². The van der Waals surface area contributed by atoms with Crippen molar-refractivity contribution in [2.75, 3.05) is 0 Å². The van der Waals surface area contributed by atoms with Gasteiger partial charge in [0.05, 0.1) is 0 Å². The summed E-state index contributed by atoms with van der Waals surface area (Å²) in [5.74, 6) is -4.63. The van der Waals surface area contributed by atoms with Gasteiger partial charge in [0.25, 0.3) is 0 Å². The maximum atomic E-state index is 11.2. The quantitative estimate of drug-likeness (QED) is 0.531. The summed E-state index contributed by atoms with van der Waals surface area (Å²) in [5, 5.41) is -4.44. The molecule has 0 aromatic carbocycles. The van der Waals surface area contributed by atoms with Gasteiger partial charge in [0, 0.05) is 0 Å². The Labute approximate surface area is 58.6 Å². The molecule has 8 heavy (non-hydrogen) atoms. The molecule has 0 saturated heterocycles. The Morgan fingerprint density at radius 1 is 1.00 bits per heavy atom. The average molecular weight is 207 g/mol. The van der Waals surface area contributed by atoms with Crippen LogP contribution in [-0.2, 0) is 0 Å². The zero-order valence-electron chi connectivity index (χ0n) is 3.27. The van der Waals surface area contributed by atoms with Crippen molar-refractivity contribution in [1.82, 2.24) is 0 Å². The molecule has 0 aliphatic heterocycles. The molecule has 0 atom stereocenters. The van der Waals surface area contributed by atoms with E-state index >= 15 is 0 Å². The summed E-state index contributed by atoms with van der Waals surface area (Å²) in [6.45, 7) is 0. The second-order valence-electron chi connectivity index (χ2n) is 0.996. The van der Waals surface area contributed by atoms with Gasteiger partial charge in [0.1, 0.15) is 0 Å². The molecule has 0 N–H and O–H groups in total. The Balaban J connectivity index is 4.02. The van der Waals surface area contributed by atoms with Crippen molar-refractivity contribution < 1.29 is 13.2 Å². The van der Waals surface area contributed by atoms with Gasteiger partial charge in [-0.25, -0.2) is 0 Å². The van der Waals surface area contributed by atoms with Gasteiger partial charge in [-0.3, -0.25) is 0 Å². The van der Waals surface area contributed by atoms with E-state index in [0.29, 0.717) is 0 Å². The van der Waals surface area contributed by atoms with Crippen molar-refractivity contribution in [2.24, 2.45) is 0 Å². The van der Waals surface area contributed by atoms with Crippen molar-refractivity contribution in [3.05, 3.63) is 0 Å². The molecule has 0 spiro atoms. The van der Waals surface area contributed by atoms with Crippen molar-refractivity contribution in [3.63, 3.8) is 0 Å². The van der Waals surface area contributed by atoms with E-state index in [0.717, 1.165) is 0 Å². The van der Waals surface area contributed by atoms with Crippen molar-refractivity contribution in [3.8, 4) is 0 Å². The predicted molar refractivity (Wildman–Crippen MR) is 31.9 cm³/mol. The summed E-state index contributed by atoms with van der Waals surface area (Å²) >= 11 is 13.7. The number of hydrogen-bond acceptors (Lipinski definition) is 0. The van der Waals surface area contributed by atoms with Crippen LogP contribution < -0.4 is 0 Å². The first-order valence-corrected chi connectivity index (χ1v) is 6.42. The van der Waals surface area contributed by atoms with Crippen LogP contribution in [0.1, 0.15) is 0 Å². The van der Waals surface area contributed by atoms with E-state index in [2.05, 4.69) is 33.7 Å². The number of halogens is 6. The molecule has 0 radical (unpaired) electrons. The zero-order valence-corrected chi connectivity index (χ0v) is 6.54. The fourth-order valence-corrected chi connectivity index (χ4v) is 0. The van der Waals surface area contributed by atoms with Crippen molar-refractivity contribution >= 4 is 39.0 Å². The van der Waals surface area contributed by atoms with Gasteiger partial charge in [0.15, 0.2) is 0 Å². The molecule has 0 amide bonds. The van der Waals surface area contributed by atoms with E-state index in [1.165, 1.54) is 0 Å². The Morgan fingerprint density at radius 2 is 1.12 bits per heavy atom. The Bertz CT molecular complexity index is 69.5. The van der Waals surface area contributed by atoms with Gasteiger partial charge >= 0.3 is 58.1 Å². The van der Waals surface area contributed by atoms with E-state index in [1.807, 2.05) is 0 Å². The van der Waals surface area contributed by atoms with E-state index in [9.17, 15) is 13.2 Å². The van der Waals surface area contributed by atoms with Gasteiger partial charge < -0.3 is 0 Å². The maximum absolute atomic E-state index is 11.2. The van der Waals surface area contributed by atoms with Gasteiger partial charge in [-0.1, -0.05) is 0 Å². The van der Waals surface area contributed by atoms with Crippen LogP contribution in [0.25, 0.3) is 0 Å². The normalized spacial score (nSPS) is 16.2. The molecule has 0 bridgehead atoms. The molecule has 0 rings (SSSR count). The van der Waals surface area contributed by atoms with Crippen LogP contribution in [0, 0.1) is 0 Å². The van der Waals surface area contributed by atoms with Gasteiger partial charge in [0.2, 0.25) is 0 Å². The first kappa shape index (κ1) is 9.09. The zero-order chi connectivity index (χ0) is 7.00. The summed E-state index contributed by atoms with van der Waals surface area (Å²) in [6.07, 6.45) is 0. The molecule has 0 heterocycles. The number of rotatable bonds is 0. The molecule has 0 saturated carbocycles. The predicted octanol–water partition coefficient (Wildman–Crippen LogP) is 3.72. The van der Waals surface area contributed by atoms with E-state index in [1.54, 1.807) is 0 Å². The molecular weight excluding hydrogens is 206 g/mol. The standard InChI is InChI=1S/CHCl3F3P/c2-8(3,4)1(5,6)7/h8H. The van der Waals surface area contributed by atoms with Crippen LogP contribution in [0.4, 0.5) is 13.2 Å². The van der Waals surface area contributed by atoms with Crippen LogP contribution in [0.3, 0.4) is 0 Å². The third-order valence-corrected chi connectivity index (χ3v) is 2.89. The van der Waals surface area contributed by atoms with E-state index < -0.39 is 11.2 Å². The summed E-state index contributed by atoms with van der Waals surface area (Å²) < 4.78 is 33.7. The first-order valence-electron chi connectivity index (χ1n) is 1.38. The molecule has 0 nitrogen and oxygen atoms in total. The van der Waals surface area contributed by atoms with Crippen LogP contribution in [0.15, 0.2) is 0 Å². The summed E-state index contributed by atoms with van der Waals surface area (Å²) in [4.78, 5) is 0. The number of alkyl halides is 3. The third kappa shape index (κ3) is 2.58. The van der Waals surface area contributed by atoms with Crippen LogP contribution in [0.2, 0.25) is 0 Å². The second-order valence-corrected chi connectivity index (χ2v) is 9.40. The Hall–Kier alpha value is 1.09. The fourth-order valence-electron chi connectivity index (χ4n) is 0. The Morgan fingerprint density at radius 3 is 1.12 bits per heavy atom. The summed E-state index contributed by atoms with van der Waals surface area (Å²) in [7, 11) is 0. The molecule has 0 aromatic rings. The van der Waals surface area contributed by atoms with E-state index in [-0.39, 0.29) is 0 Å². The SMILES string of the molecule is FC(F)(F)[PH](Cl)(Cl)Cl. The summed E-state index contributed by atoms with van der Waals surface area (Å²) in [6, 6.07) is 0. The molecule has 7 heteroatoms. The van der Waals surface area contributed by atoms with Gasteiger partial charge in [-0.05, 0) is 0 Å². The van der Waals surface area contributed by atoms with E-state index in [4.69, 9.17) is 0 Å². The minimum atomic E-state index is -4.63. The number of hydrogen-bond donors (Lipinski definition) is 0. The second kappa shape index (κ2) is 2.37. The molecular formula is CHCl3F3P. The van der Waals surface area contributed by atoms with Crippen LogP contribution in [0.5, 0.6) is 0 Å². The molecule has 0 aliphatic rings. The van der Waals surface area contributed by atoms with Crippen molar-refractivity contribution in [2.45, 2.75) is 5.92 Å². The molecule has 0 aliphatic carbocycles. The molecule has 0 fully saturated rings. The topological polar surface area (TPSA) is 0 Å². The fraction of sp³-hybridized carbons (Fsp3) is 1.00.